The van der Waals surface area contributed by atoms with E-state index in [4.69, 9.17) is 4.42 Å². The van der Waals surface area contributed by atoms with Crippen molar-refractivity contribution < 1.29 is 9.21 Å². The van der Waals surface area contributed by atoms with Gasteiger partial charge in [0.1, 0.15) is 0 Å². The summed E-state index contributed by atoms with van der Waals surface area (Å²) in [7, 11) is 0. The maximum Gasteiger partial charge on any atom is 0.289 e. The average Bonchev–Trinajstić information content (AvgIpc) is 3.23. The van der Waals surface area contributed by atoms with Gasteiger partial charge in [-0.1, -0.05) is 18.2 Å². The first kappa shape index (κ1) is 17.2. The Balaban J connectivity index is 1.35. The van der Waals surface area contributed by atoms with Crippen LogP contribution in [0.15, 0.2) is 47.1 Å². The summed E-state index contributed by atoms with van der Waals surface area (Å²) in [6.45, 7) is 8.04. The molecule has 3 heterocycles. The SMILES string of the molecule is Cc1ccccc1N1CCN(C2CCCN(C(=O)c3ccco3)C2)CC1. The molecule has 0 N–H and O–H groups in total. The van der Waals surface area contributed by atoms with Gasteiger partial charge in [-0.15, -0.1) is 0 Å². The van der Waals surface area contributed by atoms with Crippen LogP contribution >= 0.6 is 0 Å². The normalized spacial score (nSPS) is 21.8. The van der Waals surface area contributed by atoms with Crippen LogP contribution < -0.4 is 4.90 Å². The molecule has 1 unspecified atom stereocenters. The topological polar surface area (TPSA) is 39.9 Å². The van der Waals surface area contributed by atoms with E-state index in [1.807, 2.05) is 4.90 Å². The number of hydrogen-bond acceptors (Lipinski definition) is 4. The van der Waals surface area contributed by atoms with E-state index in [0.717, 1.165) is 45.7 Å². The number of furan rings is 1. The van der Waals surface area contributed by atoms with Gasteiger partial charge in [0.15, 0.2) is 5.76 Å². The summed E-state index contributed by atoms with van der Waals surface area (Å²) in [6, 6.07) is 12.6. The number of benzene rings is 1. The number of carbonyl (C=O) groups is 1. The van der Waals surface area contributed by atoms with Crippen LogP contribution in [0.3, 0.4) is 0 Å². The van der Waals surface area contributed by atoms with E-state index in [1.165, 1.54) is 17.7 Å². The highest BCUT2D eigenvalue weighted by Gasteiger charge is 2.31. The molecular weight excluding hydrogens is 326 g/mol. The predicted molar refractivity (Wildman–Crippen MR) is 103 cm³/mol. The molecule has 2 fully saturated rings. The zero-order valence-corrected chi connectivity index (χ0v) is 15.4. The van der Waals surface area contributed by atoms with Crippen molar-refractivity contribution in [3.8, 4) is 0 Å². The highest BCUT2D eigenvalue weighted by atomic mass is 16.3. The van der Waals surface area contributed by atoms with Crippen molar-refractivity contribution in [3.63, 3.8) is 0 Å². The van der Waals surface area contributed by atoms with Crippen molar-refractivity contribution in [1.82, 2.24) is 9.80 Å². The number of carbonyl (C=O) groups excluding carboxylic acids is 1. The van der Waals surface area contributed by atoms with Gasteiger partial charge in [0.25, 0.3) is 5.91 Å². The minimum atomic E-state index is 0.0262. The molecule has 1 atom stereocenters. The quantitative estimate of drug-likeness (QED) is 0.850. The number of nitrogens with zero attached hydrogens (tertiary/aromatic N) is 3. The molecule has 0 spiro atoms. The molecule has 0 saturated carbocycles. The number of amides is 1. The Morgan fingerprint density at radius 2 is 1.85 bits per heavy atom. The summed E-state index contributed by atoms with van der Waals surface area (Å²) < 4.78 is 5.29. The average molecular weight is 353 g/mol. The first-order valence-corrected chi connectivity index (χ1v) is 9.60. The van der Waals surface area contributed by atoms with Crippen molar-refractivity contribution in [2.45, 2.75) is 25.8 Å². The highest BCUT2D eigenvalue weighted by molar-refractivity contribution is 5.91. The Kier molecular flexibility index (Phi) is 4.98. The monoisotopic (exact) mass is 353 g/mol. The molecule has 4 rings (SSSR count). The molecule has 5 nitrogen and oxygen atoms in total. The van der Waals surface area contributed by atoms with E-state index >= 15 is 0 Å². The zero-order valence-electron chi connectivity index (χ0n) is 15.4. The fourth-order valence-corrected chi connectivity index (χ4v) is 4.24. The fraction of sp³-hybridized carbons (Fsp3) is 0.476. The van der Waals surface area contributed by atoms with Gasteiger partial charge in [0, 0.05) is 51.0 Å². The summed E-state index contributed by atoms with van der Waals surface area (Å²) in [6.07, 6.45) is 3.81. The van der Waals surface area contributed by atoms with Crippen LogP contribution in [0.25, 0.3) is 0 Å². The van der Waals surface area contributed by atoms with Gasteiger partial charge in [0.2, 0.25) is 0 Å². The molecule has 1 aromatic heterocycles. The summed E-state index contributed by atoms with van der Waals surface area (Å²) in [4.78, 5) is 19.6. The molecule has 138 valence electrons. The van der Waals surface area contributed by atoms with Gasteiger partial charge in [-0.05, 0) is 43.5 Å². The number of piperazine rings is 1. The van der Waals surface area contributed by atoms with Gasteiger partial charge in [-0.3, -0.25) is 9.69 Å². The molecule has 0 bridgehead atoms. The van der Waals surface area contributed by atoms with E-state index in [-0.39, 0.29) is 5.91 Å². The van der Waals surface area contributed by atoms with Crippen molar-refractivity contribution >= 4 is 11.6 Å². The number of piperidine rings is 1. The number of likely N-dealkylation sites (tertiary alicyclic amines) is 1. The Labute approximate surface area is 155 Å². The summed E-state index contributed by atoms with van der Waals surface area (Å²) in [5, 5.41) is 0. The van der Waals surface area contributed by atoms with Crippen molar-refractivity contribution in [2.24, 2.45) is 0 Å². The minimum absolute atomic E-state index is 0.0262. The summed E-state index contributed by atoms with van der Waals surface area (Å²) >= 11 is 0. The molecule has 2 saturated heterocycles. The molecule has 2 aliphatic heterocycles. The highest BCUT2D eigenvalue weighted by Crippen LogP contribution is 2.24. The second kappa shape index (κ2) is 7.54. The van der Waals surface area contributed by atoms with Gasteiger partial charge in [-0.2, -0.15) is 0 Å². The number of hydrogen-bond donors (Lipinski definition) is 0. The number of para-hydroxylation sites is 1. The molecule has 0 aliphatic carbocycles. The van der Waals surface area contributed by atoms with Crippen LogP contribution in [0.2, 0.25) is 0 Å². The molecule has 26 heavy (non-hydrogen) atoms. The van der Waals surface area contributed by atoms with E-state index in [1.54, 1.807) is 18.4 Å². The van der Waals surface area contributed by atoms with Crippen LogP contribution in [-0.4, -0.2) is 61.0 Å². The number of rotatable bonds is 3. The lowest BCUT2D eigenvalue weighted by Crippen LogP contribution is -2.56. The third kappa shape index (κ3) is 3.49. The summed E-state index contributed by atoms with van der Waals surface area (Å²) in [5.74, 6) is 0.480. The van der Waals surface area contributed by atoms with E-state index in [9.17, 15) is 4.79 Å². The van der Waals surface area contributed by atoms with Crippen molar-refractivity contribution in [2.75, 3.05) is 44.2 Å². The predicted octanol–water partition coefficient (Wildman–Crippen LogP) is 3.01. The number of aryl methyl sites for hydroxylation is 1. The Morgan fingerprint density at radius 3 is 2.58 bits per heavy atom. The lowest BCUT2D eigenvalue weighted by Gasteiger charge is -2.44. The second-order valence-corrected chi connectivity index (χ2v) is 7.33. The fourth-order valence-electron chi connectivity index (χ4n) is 4.24. The molecule has 2 aromatic rings. The van der Waals surface area contributed by atoms with Crippen LogP contribution in [0, 0.1) is 6.92 Å². The first-order chi connectivity index (χ1) is 12.7. The summed E-state index contributed by atoms with van der Waals surface area (Å²) in [5.41, 5.74) is 2.69. The zero-order chi connectivity index (χ0) is 17.9. The minimum Gasteiger partial charge on any atom is -0.459 e. The van der Waals surface area contributed by atoms with Crippen LogP contribution in [0.5, 0.6) is 0 Å². The lowest BCUT2D eigenvalue weighted by atomic mass is 10.0. The van der Waals surface area contributed by atoms with Crippen LogP contribution in [-0.2, 0) is 0 Å². The second-order valence-electron chi connectivity index (χ2n) is 7.33. The molecule has 1 amide bonds. The molecular formula is C21H27N3O2. The van der Waals surface area contributed by atoms with E-state index in [0.29, 0.717) is 11.8 Å². The third-order valence-electron chi connectivity index (χ3n) is 5.70. The van der Waals surface area contributed by atoms with E-state index in [2.05, 4.69) is 41.0 Å². The Morgan fingerprint density at radius 1 is 1.04 bits per heavy atom. The Hall–Kier alpha value is -2.27. The largest absolute Gasteiger partial charge is 0.459 e. The van der Waals surface area contributed by atoms with E-state index < -0.39 is 0 Å². The lowest BCUT2D eigenvalue weighted by molar-refractivity contribution is 0.0535. The maximum atomic E-state index is 12.6. The molecule has 5 heteroatoms. The van der Waals surface area contributed by atoms with Crippen molar-refractivity contribution in [1.29, 1.82) is 0 Å². The van der Waals surface area contributed by atoms with Gasteiger partial charge in [-0.25, -0.2) is 0 Å². The van der Waals surface area contributed by atoms with Crippen LogP contribution in [0.1, 0.15) is 29.0 Å². The number of anilines is 1. The van der Waals surface area contributed by atoms with Crippen LogP contribution in [0.4, 0.5) is 5.69 Å². The standard InChI is InChI=1S/C21H27N3O2/c1-17-6-2-3-8-19(17)23-13-11-22(12-14-23)18-7-4-10-24(16-18)21(25)20-9-5-15-26-20/h2-3,5-6,8-9,15,18H,4,7,10-14,16H2,1H3. The first-order valence-electron chi connectivity index (χ1n) is 9.60. The third-order valence-corrected chi connectivity index (χ3v) is 5.70. The van der Waals surface area contributed by atoms with Gasteiger partial charge < -0.3 is 14.2 Å². The smallest absolute Gasteiger partial charge is 0.289 e. The van der Waals surface area contributed by atoms with Gasteiger partial charge >= 0.3 is 0 Å². The van der Waals surface area contributed by atoms with Gasteiger partial charge in [0.05, 0.1) is 6.26 Å². The maximum absolute atomic E-state index is 12.6. The van der Waals surface area contributed by atoms with Crippen molar-refractivity contribution in [3.05, 3.63) is 54.0 Å². The molecule has 2 aliphatic rings. The molecule has 1 aromatic carbocycles. The molecule has 0 radical (unpaired) electrons. The Bertz CT molecular complexity index is 735.